The van der Waals surface area contributed by atoms with Gasteiger partial charge in [0.2, 0.25) is 5.91 Å². The maximum absolute atomic E-state index is 12.5. The lowest BCUT2D eigenvalue weighted by Crippen LogP contribution is -2.54. The topological polar surface area (TPSA) is 44.8 Å². The van der Waals surface area contributed by atoms with Crippen molar-refractivity contribution >= 4 is 5.91 Å². The molecule has 110 valence electrons. The van der Waals surface area contributed by atoms with Crippen molar-refractivity contribution in [3.8, 4) is 0 Å². The Morgan fingerprint density at radius 3 is 2.47 bits per heavy atom. The smallest absolute Gasteiger partial charge is 0.239 e. The highest BCUT2D eigenvalue weighted by atomic mass is 16.5. The van der Waals surface area contributed by atoms with Crippen LogP contribution >= 0.6 is 0 Å². The number of nitrogens with zero attached hydrogens (tertiary/aromatic N) is 2. The molecule has 0 spiro atoms. The summed E-state index contributed by atoms with van der Waals surface area (Å²) in [5.74, 6) is 0.289. The van der Waals surface area contributed by atoms with E-state index in [-0.39, 0.29) is 11.9 Å². The van der Waals surface area contributed by atoms with Crippen molar-refractivity contribution < 1.29 is 9.53 Å². The van der Waals surface area contributed by atoms with Crippen molar-refractivity contribution in [3.63, 3.8) is 0 Å². The van der Waals surface area contributed by atoms with Crippen molar-refractivity contribution in [2.45, 2.75) is 38.8 Å². The Bertz CT molecular complexity index is 284. The Morgan fingerprint density at radius 1 is 1.26 bits per heavy atom. The maximum atomic E-state index is 12.5. The fourth-order valence-corrected chi connectivity index (χ4v) is 2.97. The molecule has 5 heteroatoms. The van der Waals surface area contributed by atoms with Gasteiger partial charge in [-0.1, -0.05) is 0 Å². The molecular formula is C14H27N3O2. The molecule has 1 N–H and O–H groups in total. The Labute approximate surface area is 116 Å². The largest absolute Gasteiger partial charge is 0.378 e. The highest BCUT2D eigenvalue weighted by Crippen LogP contribution is 2.16. The molecule has 2 rings (SSSR count). The summed E-state index contributed by atoms with van der Waals surface area (Å²) in [6, 6.07) is 0.0192. The van der Waals surface area contributed by atoms with Crippen LogP contribution in [-0.2, 0) is 9.53 Å². The van der Waals surface area contributed by atoms with Gasteiger partial charge in [-0.2, -0.15) is 0 Å². The predicted octanol–water partition coefficient (Wildman–Crippen LogP) is 0.308. The summed E-state index contributed by atoms with van der Waals surface area (Å²) in [6.45, 7) is 10.5. The average molecular weight is 269 g/mol. The standard InChI is InChI=1S/C14H27N3O2/c1-3-19-13-4-8-17(9-5-13)14(18)12(2)16-10-6-15-7-11-16/h12-13,15H,3-11H2,1-2H3. The Hall–Kier alpha value is -0.650. The maximum Gasteiger partial charge on any atom is 0.239 e. The molecule has 0 radical (unpaired) electrons. The normalized spacial score (nSPS) is 24.4. The van der Waals surface area contributed by atoms with Crippen molar-refractivity contribution in [1.82, 2.24) is 15.1 Å². The summed E-state index contributed by atoms with van der Waals surface area (Å²) in [4.78, 5) is 16.8. The number of carbonyl (C=O) groups excluding carboxylic acids is 1. The van der Waals surface area contributed by atoms with Gasteiger partial charge in [-0.15, -0.1) is 0 Å². The van der Waals surface area contributed by atoms with Gasteiger partial charge >= 0.3 is 0 Å². The van der Waals surface area contributed by atoms with Crippen molar-refractivity contribution in [2.75, 3.05) is 45.9 Å². The van der Waals surface area contributed by atoms with Crippen molar-refractivity contribution in [1.29, 1.82) is 0 Å². The van der Waals surface area contributed by atoms with Gasteiger partial charge in [0.15, 0.2) is 0 Å². The quantitative estimate of drug-likeness (QED) is 0.798. The third-order valence-corrected chi connectivity index (χ3v) is 4.21. The SMILES string of the molecule is CCOC1CCN(C(=O)C(C)N2CCNCC2)CC1. The summed E-state index contributed by atoms with van der Waals surface area (Å²) >= 11 is 0. The van der Waals surface area contributed by atoms with Crippen LogP contribution in [0.1, 0.15) is 26.7 Å². The molecule has 19 heavy (non-hydrogen) atoms. The van der Waals surface area contributed by atoms with Crippen LogP contribution < -0.4 is 5.32 Å². The zero-order chi connectivity index (χ0) is 13.7. The molecule has 1 amide bonds. The van der Waals surface area contributed by atoms with Gasteiger partial charge in [0.1, 0.15) is 0 Å². The highest BCUT2D eigenvalue weighted by molar-refractivity contribution is 5.81. The second-order valence-electron chi connectivity index (χ2n) is 5.44. The van der Waals surface area contributed by atoms with E-state index in [0.717, 1.165) is 58.7 Å². The van der Waals surface area contributed by atoms with Gasteiger partial charge in [-0.05, 0) is 26.7 Å². The van der Waals surface area contributed by atoms with Crippen LogP contribution in [0.3, 0.4) is 0 Å². The number of piperazine rings is 1. The van der Waals surface area contributed by atoms with E-state index in [1.807, 2.05) is 18.7 Å². The van der Waals surface area contributed by atoms with Gasteiger partial charge in [0.25, 0.3) is 0 Å². The molecule has 5 nitrogen and oxygen atoms in total. The van der Waals surface area contributed by atoms with E-state index in [1.54, 1.807) is 0 Å². The number of hydrogen-bond donors (Lipinski definition) is 1. The predicted molar refractivity (Wildman–Crippen MR) is 75.1 cm³/mol. The van der Waals surface area contributed by atoms with E-state index < -0.39 is 0 Å². The third-order valence-electron chi connectivity index (χ3n) is 4.21. The minimum Gasteiger partial charge on any atom is -0.378 e. The molecule has 0 saturated carbocycles. The van der Waals surface area contributed by atoms with Crippen LogP contribution in [0, 0.1) is 0 Å². The van der Waals surface area contributed by atoms with Gasteiger partial charge in [-0.25, -0.2) is 0 Å². The number of rotatable bonds is 4. The minimum absolute atomic E-state index is 0.0192. The first-order chi connectivity index (χ1) is 9.22. The van der Waals surface area contributed by atoms with Gasteiger partial charge < -0.3 is 15.0 Å². The molecule has 2 aliphatic rings. The van der Waals surface area contributed by atoms with E-state index >= 15 is 0 Å². The summed E-state index contributed by atoms with van der Waals surface area (Å²) < 4.78 is 5.63. The average Bonchev–Trinajstić information content (AvgIpc) is 2.48. The molecule has 2 fully saturated rings. The van der Waals surface area contributed by atoms with Gasteiger partial charge in [-0.3, -0.25) is 9.69 Å². The fourth-order valence-electron chi connectivity index (χ4n) is 2.97. The number of ether oxygens (including phenoxy) is 1. The molecule has 0 aromatic rings. The lowest BCUT2D eigenvalue weighted by Gasteiger charge is -2.37. The molecule has 2 saturated heterocycles. The van der Waals surface area contributed by atoms with E-state index in [9.17, 15) is 4.79 Å². The second-order valence-corrected chi connectivity index (χ2v) is 5.44. The van der Waals surface area contributed by atoms with Gasteiger partial charge in [0, 0.05) is 45.9 Å². The number of hydrogen-bond acceptors (Lipinski definition) is 4. The Morgan fingerprint density at radius 2 is 1.89 bits per heavy atom. The zero-order valence-corrected chi connectivity index (χ0v) is 12.2. The van der Waals surface area contributed by atoms with Crippen LogP contribution in [-0.4, -0.2) is 73.7 Å². The molecule has 2 aliphatic heterocycles. The van der Waals surface area contributed by atoms with Crippen LogP contribution in [0.15, 0.2) is 0 Å². The van der Waals surface area contributed by atoms with E-state index in [0.29, 0.717) is 6.10 Å². The monoisotopic (exact) mass is 269 g/mol. The van der Waals surface area contributed by atoms with Crippen molar-refractivity contribution in [2.24, 2.45) is 0 Å². The van der Waals surface area contributed by atoms with E-state index in [2.05, 4.69) is 10.2 Å². The lowest BCUT2D eigenvalue weighted by atomic mass is 10.1. The molecule has 0 aliphatic carbocycles. The Kier molecular flexibility index (Phi) is 5.60. The number of piperidine rings is 1. The molecule has 1 atom stereocenters. The Balaban J connectivity index is 1.79. The summed E-state index contributed by atoms with van der Waals surface area (Å²) in [7, 11) is 0. The summed E-state index contributed by atoms with van der Waals surface area (Å²) in [6.07, 6.45) is 2.31. The molecule has 0 aromatic heterocycles. The molecular weight excluding hydrogens is 242 g/mol. The van der Waals surface area contributed by atoms with E-state index in [1.165, 1.54) is 0 Å². The van der Waals surface area contributed by atoms with Crippen LogP contribution in [0.2, 0.25) is 0 Å². The minimum atomic E-state index is 0.0192. The molecule has 0 bridgehead atoms. The number of amides is 1. The molecule has 0 aromatic carbocycles. The molecule has 1 unspecified atom stereocenters. The van der Waals surface area contributed by atoms with Crippen molar-refractivity contribution in [3.05, 3.63) is 0 Å². The summed E-state index contributed by atoms with van der Waals surface area (Å²) in [5.41, 5.74) is 0. The first-order valence-corrected chi connectivity index (χ1v) is 7.57. The number of nitrogens with one attached hydrogen (secondary N) is 1. The van der Waals surface area contributed by atoms with Gasteiger partial charge in [0.05, 0.1) is 12.1 Å². The number of carbonyl (C=O) groups is 1. The van der Waals surface area contributed by atoms with Crippen LogP contribution in [0.5, 0.6) is 0 Å². The zero-order valence-electron chi connectivity index (χ0n) is 12.2. The first-order valence-electron chi connectivity index (χ1n) is 7.57. The number of likely N-dealkylation sites (tertiary alicyclic amines) is 1. The third kappa shape index (κ3) is 3.91. The van der Waals surface area contributed by atoms with E-state index in [4.69, 9.17) is 4.74 Å². The lowest BCUT2D eigenvalue weighted by molar-refractivity contribution is -0.139. The van der Waals surface area contributed by atoms with Crippen LogP contribution in [0.25, 0.3) is 0 Å². The summed E-state index contributed by atoms with van der Waals surface area (Å²) in [5, 5.41) is 3.32. The second kappa shape index (κ2) is 7.22. The van der Waals surface area contributed by atoms with Crippen LogP contribution in [0.4, 0.5) is 0 Å². The molecule has 2 heterocycles. The highest BCUT2D eigenvalue weighted by Gasteiger charge is 2.29. The fraction of sp³-hybridized carbons (Fsp3) is 0.929. The first kappa shape index (κ1) is 14.8.